The van der Waals surface area contributed by atoms with Gasteiger partial charge in [0.2, 0.25) is 18.2 Å². The predicted octanol–water partition coefficient (Wildman–Crippen LogP) is 0.0435. The van der Waals surface area contributed by atoms with Gasteiger partial charge in [-0.15, -0.1) is 0 Å². The number of nitrogens with zero attached hydrogens (tertiary/aromatic N) is 2. The Morgan fingerprint density at radius 3 is 2.33 bits per heavy atom. The van der Waals surface area contributed by atoms with Crippen LogP contribution in [0, 0.1) is 6.92 Å². The molecule has 0 unspecified atom stereocenters. The van der Waals surface area contributed by atoms with Crippen LogP contribution in [0.1, 0.15) is 5.69 Å². The number of hydrogen-bond acceptors (Lipinski definition) is 9. The highest BCUT2D eigenvalue weighted by molar-refractivity contribution is 7.92. The molecular weight excluding hydrogens is 553 g/mol. The predicted molar refractivity (Wildman–Crippen MR) is 133 cm³/mol. The number of alkyl halides is 3. The number of methoxy groups -OCH3 is 2. The van der Waals surface area contributed by atoms with Crippen molar-refractivity contribution in [1.29, 1.82) is 0 Å². The van der Waals surface area contributed by atoms with Crippen LogP contribution in [0.4, 0.5) is 18.9 Å². The fraction of sp³-hybridized carbons (Fsp3) is 0.333. The lowest BCUT2D eigenvalue weighted by molar-refractivity contribution is -0.156. The number of pyridine rings is 1. The zero-order chi connectivity index (χ0) is 29.8. The molecule has 0 saturated heterocycles. The first-order valence-electron chi connectivity index (χ1n) is 10.6. The summed E-state index contributed by atoms with van der Waals surface area (Å²) >= 11 is 0. The molecule has 1 aromatic heterocycles. The summed E-state index contributed by atoms with van der Waals surface area (Å²) in [5.74, 6) is -0.395. The van der Waals surface area contributed by atoms with E-state index in [1.54, 1.807) is 6.92 Å². The van der Waals surface area contributed by atoms with Crippen LogP contribution >= 0.6 is 0 Å². The van der Waals surface area contributed by atoms with Gasteiger partial charge in [-0.25, -0.2) is 8.42 Å². The van der Waals surface area contributed by atoms with E-state index < -0.39 is 34.0 Å². The quantitative estimate of drug-likeness (QED) is 0.0923. The number of nitrogens with two attached hydrogens (primary N) is 2. The molecule has 2 aromatic rings. The third-order valence-corrected chi connectivity index (χ3v) is 5.80. The van der Waals surface area contributed by atoms with Crippen molar-refractivity contribution in [2.75, 3.05) is 32.1 Å². The smallest absolute Gasteiger partial charge is 0.446 e. The molecule has 2 rings (SSSR count). The number of nitrogens with one attached hydrogen (secondary N) is 2. The molecule has 0 fully saturated rings. The fourth-order valence-electron chi connectivity index (χ4n) is 2.69. The number of ether oxygens (including phenoxy) is 2. The molecule has 1 aromatic carbocycles. The van der Waals surface area contributed by atoms with Crippen molar-refractivity contribution < 1.29 is 45.5 Å². The second-order valence-corrected chi connectivity index (χ2v) is 8.91. The summed E-state index contributed by atoms with van der Waals surface area (Å²) in [6.07, 6.45) is -5.70. The molecular formula is C21H27F3N6O8S. The maximum atomic E-state index is 13.0. The van der Waals surface area contributed by atoms with E-state index in [1.807, 2.05) is 0 Å². The van der Waals surface area contributed by atoms with Gasteiger partial charge in [0, 0.05) is 11.8 Å². The number of guanidine groups is 1. The van der Waals surface area contributed by atoms with Gasteiger partial charge in [-0.2, -0.15) is 13.2 Å². The van der Waals surface area contributed by atoms with Crippen molar-refractivity contribution in [2.24, 2.45) is 16.6 Å². The monoisotopic (exact) mass is 580 g/mol. The first-order chi connectivity index (χ1) is 18.1. The number of rotatable bonds is 11. The van der Waals surface area contributed by atoms with Gasteiger partial charge < -0.3 is 35.7 Å². The minimum absolute atomic E-state index is 0.0136. The molecule has 14 nitrogen and oxygen atoms in total. The lowest BCUT2D eigenvalue weighted by Crippen LogP contribution is -2.36. The number of amides is 1. The van der Waals surface area contributed by atoms with Gasteiger partial charge in [-0.3, -0.25) is 19.1 Å². The molecule has 6 N–H and O–H groups in total. The topological polar surface area (TPSA) is 206 Å². The molecule has 0 spiro atoms. The maximum Gasteiger partial charge on any atom is 0.446 e. The average molecular weight is 581 g/mol. The Bertz CT molecular complexity index is 1340. The van der Waals surface area contributed by atoms with Gasteiger partial charge in [0.1, 0.15) is 35.2 Å². The average Bonchev–Trinajstić information content (AvgIpc) is 2.87. The molecule has 0 aliphatic rings. The van der Waals surface area contributed by atoms with Crippen LogP contribution in [0.25, 0.3) is 0 Å². The second-order valence-electron chi connectivity index (χ2n) is 7.26. The van der Waals surface area contributed by atoms with Crippen LogP contribution < -0.4 is 36.5 Å². The number of benzene rings is 1. The Morgan fingerprint density at radius 1 is 1.15 bits per heavy atom. The molecule has 216 valence electrons. The molecule has 0 atom stereocenters. The maximum absolute atomic E-state index is 13.0. The normalized spacial score (nSPS) is 10.8. The van der Waals surface area contributed by atoms with Crippen molar-refractivity contribution in [3.8, 4) is 11.5 Å². The Labute approximate surface area is 220 Å². The van der Waals surface area contributed by atoms with Gasteiger partial charge in [0.15, 0.2) is 0 Å². The Morgan fingerprint density at radius 2 is 1.79 bits per heavy atom. The van der Waals surface area contributed by atoms with Crippen molar-refractivity contribution >= 4 is 33.9 Å². The van der Waals surface area contributed by atoms with Gasteiger partial charge in [0.25, 0.3) is 15.6 Å². The standard InChI is InChI=1S/C19H26N6O7S.C2HF3O/c1-12-4-6-14(18(27)25(12)11-17(26)22-8-9-32-23-19(20)21)24-33(28,29)16-10-13(30-2)5-7-15(16)31-3;3-2(4,5)1-6/h4-7,10,24H,8-9,11H2,1-3H3,(H,22,26)(H4,20,21,23);1H. The molecule has 1 heterocycles. The minimum Gasteiger partial charge on any atom is -0.497 e. The van der Waals surface area contributed by atoms with E-state index in [-0.39, 0.29) is 47.7 Å². The fourth-order valence-corrected chi connectivity index (χ4v) is 3.94. The number of aromatic nitrogens is 1. The summed E-state index contributed by atoms with van der Waals surface area (Å²) in [7, 11) is -1.50. The van der Waals surface area contributed by atoms with E-state index in [1.165, 1.54) is 44.6 Å². The second kappa shape index (κ2) is 14.5. The molecule has 1 amide bonds. The summed E-state index contributed by atoms with van der Waals surface area (Å²) in [4.78, 5) is 38.3. The summed E-state index contributed by atoms with van der Waals surface area (Å²) in [5, 5.41) is 5.85. The van der Waals surface area contributed by atoms with Gasteiger partial charge in [-0.05, 0) is 36.3 Å². The largest absolute Gasteiger partial charge is 0.497 e. The third-order valence-electron chi connectivity index (χ3n) is 4.42. The Kier molecular flexibility index (Phi) is 12.1. The third kappa shape index (κ3) is 10.8. The zero-order valence-electron chi connectivity index (χ0n) is 20.9. The number of aldehydes is 1. The number of oxime groups is 1. The van der Waals surface area contributed by atoms with Gasteiger partial charge in [0.05, 0.1) is 20.8 Å². The van der Waals surface area contributed by atoms with E-state index in [0.29, 0.717) is 5.69 Å². The molecule has 0 saturated carbocycles. The summed E-state index contributed by atoms with van der Waals surface area (Å²) < 4.78 is 70.7. The SMILES string of the molecule is COc1ccc(OC)c(S(=O)(=O)Nc2ccc(C)n(CC(=O)NCCON=C(N)N)c2=O)c1.O=CC(F)(F)F. The van der Waals surface area contributed by atoms with Gasteiger partial charge in [-0.1, -0.05) is 0 Å². The number of anilines is 1. The molecule has 0 aliphatic carbocycles. The number of hydrogen-bond donors (Lipinski definition) is 4. The van der Waals surface area contributed by atoms with Gasteiger partial charge >= 0.3 is 6.18 Å². The number of carbonyl (C=O) groups is 2. The molecule has 0 bridgehead atoms. The lowest BCUT2D eigenvalue weighted by Gasteiger charge is -2.15. The van der Waals surface area contributed by atoms with Crippen LogP contribution in [0.2, 0.25) is 0 Å². The highest BCUT2D eigenvalue weighted by atomic mass is 32.2. The van der Waals surface area contributed by atoms with Crippen molar-refractivity contribution in [3.63, 3.8) is 0 Å². The molecule has 18 heteroatoms. The summed E-state index contributed by atoms with van der Waals surface area (Å²) in [6, 6.07) is 7.07. The lowest BCUT2D eigenvalue weighted by atomic mass is 10.3. The molecule has 0 aliphatic heterocycles. The van der Waals surface area contributed by atoms with E-state index in [4.69, 9.17) is 30.6 Å². The van der Waals surface area contributed by atoms with Crippen LogP contribution in [0.3, 0.4) is 0 Å². The van der Waals surface area contributed by atoms with Crippen LogP contribution in [-0.2, 0) is 31.0 Å². The Balaban J connectivity index is 0.00000113. The van der Waals surface area contributed by atoms with Crippen molar-refractivity contribution in [2.45, 2.75) is 24.5 Å². The zero-order valence-corrected chi connectivity index (χ0v) is 21.8. The van der Waals surface area contributed by atoms with E-state index in [0.717, 1.165) is 4.57 Å². The summed E-state index contributed by atoms with van der Waals surface area (Å²) in [6.45, 7) is 1.37. The Hall–Kier alpha value is -4.48. The number of sulfonamides is 1. The van der Waals surface area contributed by atoms with Crippen LogP contribution in [0.5, 0.6) is 11.5 Å². The first kappa shape index (κ1) is 32.5. The van der Waals surface area contributed by atoms with E-state index in [9.17, 15) is 31.2 Å². The molecule has 0 radical (unpaired) electrons. The highest BCUT2D eigenvalue weighted by Gasteiger charge is 2.25. The summed E-state index contributed by atoms with van der Waals surface area (Å²) in [5.41, 5.74) is 9.73. The highest BCUT2D eigenvalue weighted by Crippen LogP contribution is 2.29. The van der Waals surface area contributed by atoms with E-state index in [2.05, 4.69) is 15.2 Å². The number of carbonyl (C=O) groups excluding carboxylic acids is 2. The number of halogens is 3. The molecule has 39 heavy (non-hydrogen) atoms. The van der Waals surface area contributed by atoms with Crippen molar-refractivity contribution in [1.82, 2.24) is 9.88 Å². The first-order valence-corrected chi connectivity index (χ1v) is 12.1. The minimum atomic E-state index is -4.64. The van der Waals surface area contributed by atoms with Crippen LogP contribution in [0.15, 0.2) is 45.2 Å². The van der Waals surface area contributed by atoms with Crippen LogP contribution in [-0.4, -0.2) is 64.7 Å². The number of aryl methyl sites for hydroxylation is 1. The van der Waals surface area contributed by atoms with Crippen molar-refractivity contribution in [3.05, 3.63) is 46.4 Å². The van der Waals surface area contributed by atoms with E-state index >= 15 is 0 Å².